The summed E-state index contributed by atoms with van der Waals surface area (Å²) in [4.78, 5) is 50.1. The maximum Gasteiger partial charge on any atom is 0.412 e. The first-order valence-electron chi connectivity index (χ1n) is 8.88. The lowest BCUT2D eigenvalue weighted by atomic mass is 9.99. The van der Waals surface area contributed by atoms with Crippen LogP contribution in [0.5, 0.6) is 0 Å². The molecule has 1 aromatic rings. The highest BCUT2D eigenvalue weighted by Gasteiger charge is 2.44. The van der Waals surface area contributed by atoms with Crippen LogP contribution in [0.4, 0.5) is 16.2 Å². The van der Waals surface area contributed by atoms with Crippen molar-refractivity contribution in [3.05, 3.63) is 23.2 Å². The van der Waals surface area contributed by atoms with Crippen molar-refractivity contribution in [1.82, 2.24) is 5.32 Å². The molecule has 2 rings (SSSR count). The van der Waals surface area contributed by atoms with Crippen molar-refractivity contribution in [2.24, 2.45) is 5.92 Å². The van der Waals surface area contributed by atoms with Crippen LogP contribution >= 0.6 is 11.6 Å². The van der Waals surface area contributed by atoms with Gasteiger partial charge in [-0.15, -0.1) is 0 Å². The second-order valence-corrected chi connectivity index (χ2v) is 7.94. The molecule has 29 heavy (non-hydrogen) atoms. The van der Waals surface area contributed by atoms with Gasteiger partial charge in [0.25, 0.3) is 0 Å². The summed E-state index contributed by atoms with van der Waals surface area (Å²) < 4.78 is 9.93. The Balaban J connectivity index is 2.30. The molecule has 2 N–H and O–H groups in total. The van der Waals surface area contributed by atoms with Gasteiger partial charge >= 0.3 is 12.1 Å². The number of nitrogens with zero attached hydrogens (tertiary/aromatic N) is 1. The van der Waals surface area contributed by atoms with E-state index in [2.05, 4.69) is 10.6 Å². The van der Waals surface area contributed by atoms with E-state index in [0.29, 0.717) is 0 Å². The topological polar surface area (TPSA) is 114 Å². The Labute approximate surface area is 173 Å². The van der Waals surface area contributed by atoms with Gasteiger partial charge in [-0.1, -0.05) is 17.7 Å². The zero-order valence-corrected chi connectivity index (χ0v) is 17.6. The van der Waals surface area contributed by atoms with Crippen molar-refractivity contribution in [3.8, 4) is 0 Å². The van der Waals surface area contributed by atoms with E-state index in [-0.39, 0.29) is 22.8 Å². The number of amides is 3. The highest BCUT2D eigenvalue weighted by Crippen LogP contribution is 2.34. The smallest absolute Gasteiger partial charge is 0.412 e. The molecule has 10 heteroatoms. The number of likely N-dealkylation sites (N-methyl/N-ethyl adjacent to an activating group) is 1. The van der Waals surface area contributed by atoms with Crippen LogP contribution in [0.1, 0.15) is 27.2 Å². The lowest BCUT2D eigenvalue weighted by molar-refractivity contribution is -0.147. The van der Waals surface area contributed by atoms with E-state index in [1.54, 1.807) is 39.0 Å². The van der Waals surface area contributed by atoms with Crippen molar-refractivity contribution in [2.75, 3.05) is 24.4 Å². The number of hydrogen-bond donors (Lipinski definition) is 2. The predicted octanol–water partition coefficient (Wildman–Crippen LogP) is 2.33. The number of esters is 1. The van der Waals surface area contributed by atoms with Crippen molar-refractivity contribution in [1.29, 1.82) is 0 Å². The molecule has 1 heterocycles. The van der Waals surface area contributed by atoms with Crippen LogP contribution in [0.15, 0.2) is 18.2 Å². The fraction of sp³-hybridized carbons (Fsp3) is 0.474. The van der Waals surface area contributed by atoms with Gasteiger partial charge < -0.3 is 19.7 Å². The summed E-state index contributed by atoms with van der Waals surface area (Å²) in [6.07, 6.45) is -0.885. The number of para-hydroxylation sites is 1. The van der Waals surface area contributed by atoms with E-state index in [9.17, 15) is 19.2 Å². The van der Waals surface area contributed by atoms with Crippen LogP contribution in [-0.4, -0.2) is 49.7 Å². The first-order valence-corrected chi connectivity index (χ1v) is 9.25. The Morgan fingerprint density at radius 3 is 2.52 bits per heavy atom. The molecule has 0 bridgehead atoms. The SMILES string of the molecule is COC(=O)[C@H]1CC(=O)N[C@@H]1C(=O)N(C)c1cccc(Cl)c1NC(=O)OC(C)(C)C. The molecule has 0 unspecified atom stereocenters. The van der Waals surface area contributed by atoms with E-state index in [1.165, 1.54) is 19.1 Å². The van der Waals surface area contributed by atoms with Gasteiger partial charge in [0.15, 0.2) is 0 Å². The molecule has 0 aromatic heterocycles. The molecular formula is C19H24ClN3O6. The molecule has 0 spiro atoms. The van der Waals surface area contributed by atoms with Crippen LogP contribution in [0.3, 0.4) is 0 Å². The van der Waals surface area contributed by atoms with Crippen LogP contribution in [0.25, 0.3) is 0 Å². The number of halogens is 1. The summed E-state index contributed by atoms with van der Waals surface area (Å²) in [5.41, 5.74) is -0.286. The molecule has 0 saturated carbocycles. The largest absolute Gasteiger partial charge is 0.469 e. The zero-order chi connectivity index (χ0) is 21.9. The Kier molecular flexibility index (Phi) is 6.73. The third-order valence-electron chi connectivity index (χ3n) is 4.20. The van der Waals surface area contributed by atoms with Crippen molar-refractivity contribution in [3.63, 3.8) is 0 Å². The van der Waals surface area contributed by atoms with E-state index >= 15 is 0 Å². The average Bonchev–Trinajstić information content (AvgIpc) is 3.01. The molecule has 1 aliphatic rings. The van der Waals surface area contributed by atoms with Gasteiger partial charge in [-0.25, -0.2) is 4.79 Å². The van der Waals surface area contributed by atoms with E-state index in [4.69, 9.17) is 21.1 Å². The van der Waals surface area contributed by atoms with Gasteiger partial charge in [-0.3, -0.25) is 19.7 Å². The van der Waals surface area contributed by atoms with Crippen LogP contribution in [0, 0.1) is 5.92 Å². The minimum absolute atomic E-state index is 0.143. The predicted molar refractivity (Wildman–Crippen MR) is 107 cm³/mol. The number of carbonyl (C=O) groups excluding carboxylic acids is 4. The first-order chi connectivity index (χ1) is 13.4. The maximum absolute atomic E-state index is 13.0. The second kappa shape index (κ2) is 8.69. The van der Waals surface area contributed by atoms with E-state index in [1.807, 2.05) is 0 Å². The number of methoxy groups -OCH3 is 1. The van der Waals surface area contributed by atoms with Crippen LogP contribution in [-0.2, 0) is 23.9 Å². The van der Waals surface area contributed by atoms with Gasteiger partial charge in [0, 0.05) is 13.5 Å². The van der Waals surface area contributed by atoms with Gasteiger partial charge in [0.2, 0.25) is 11.8 Å². The lowest BCUT2D eigenvalue weighted by Gasteiger charge is -2.26. The third-order valence-corrected chi connectivity index (χ3v) is 4.52. The second-order valence-electron chi connectivity index (χ2n) is 7.54. The Morgan fingerprint density at radius 1 is 1.28 bits per heavy atom. The molecular weight excluding hydrogens is 402 g/mol. The molecule has 1 aromatic carbocycles. The summed E-state index contributed by atoms with van der Waals surface area (Å²) >= 11 is 6.23. The van der Waals surface area contributed by atoms with E-state index < -0.39 is 41.4 Å². The molecule has 158 valence electrons. The highest BCUT2D eigenvalue weighted by atomic mass is 35.5. The number of nitrogens with one attached hydrogen (secondary N) is 2. The van der Waals surface area contributed by atoms with E-state index in [0.717, 1.165) is 0 Å². The molecule has 1 saturated heterocycles. The molecule has 9 nitrogen and oxygen atoms in total. The fourth-order valence-corrected chi connectivity index (χ4v) is 3.12. The zero-order valence-electron chi connectivity index (χ0n) is 16.9. The lowest BCUT2D eigenvalue weighted by Crippen LogP contribution is -2.47. The number of anilines is 2. The van der Waals surface area contributed by atoms with Gasteiger partial charge in [0.1, 0.15) is 11.6 Å². The number of ether oxygens (including phenoxy) is 2. The first kappa shape index (κ1) is 22.5. The Hall–Kier alpha value is -2.81. The molecule has 2 atom stereocenters. The Morgan fingerprint density at radius 2 is 1.93 bits per heavy atom. The molecule has 1 fully saturated rings. The number of hydrogen-bond acceptors (Lipinski definition) is 6. The maximum atomic E-state index is 13.0. The van der Waals surface area contributed by atoms with Crippen molar-refractivity contribution >= 4 is 46.9 Å². The molecule has 0 aliphatic carbocycles. The summed E-state index contributed by atoms with van der Waals surface area (Å²) in [7, 11) is 2.64. The monoisotopic (exact) mass is 425 g/mol. The van der Waals surface area contributed by atoms with Gasteiger partial charge in [0.05, 0.1) is 29.4 Å². The normalized spacial score (nSPS) is 18.6. The van der Waals surface area contributed by atoms with Crippen molar-refractivity contribution in [2.45, 2.75) is 38.8 Å². The van der Waals surface area contributed by atoms with Gasteiger partial charge in [-0.2, -0.15) is 0 Å². The number of benzene rings is 1. The van der Waals surface area contributed by atoms with Gasteiger partial charge in [-0.05, 0) is 32.9 Å². The van der Waals surface area contributed by atoms with Crippen LogP contribution < -0.4 is 15.5 Å². The summed E-state index contributed by atoms with van der Waals surface area (Å²) in [6.45, 7) is 5.14. The molecule has 1 aliphatic heterocycles. The quantitative estimate of drug-likeness (QED) is 0.715. The highest BCUT2D eigenvalue weighted by molar-refractivity contribution is 6.34. The summed E-state index contributed by atoms with van der Waals surface area (Å²) in [5, 5.41) is 5.24. The average molecular weight is 426 g/mol. The summed E-state index contributed by atoms with van der Waals surface area (Å²) in [6, 6.07) is 3.63. The third kappa shape index (κ3) is 5.38. The van der Waals surface area contributed by atoms with Crippen molar-refractivity contribution < 1.29 is 28.7 Å². The summed E-state index contributed by atoms with van der Waals surface area (Å²) in [5.74, 6) is -2.58. The fourth-order valence-electron chi connectivity index (χ4n) is 2.90. The standard InChI is InChI=1S/C19H24ClN3O6/c1-19(2,3)29-18(27)22-15-11(20)7-6-8-12(15)23(4)16(25)14-10(17(26)28-5)9-13(24)21-14/h6-8,10,14H,9H2,1-5H3,(H,21,24)(H,22,27)/t10-,14-/m0/s1. The number of carbonyl (C=O) groups is 4. The molecule has 3 amide bonds. The minimum atomic E-state index is -1.09. The Bertz CT molecular complexity index is 836. The minimum Gasteiger partial charge on any atom is -0.469 e. The van der Waals surface area contributed by atoms with Crippen LogP contribution in [0.2, 0.25) is 5.02 Å². The molecule has 0 radical (unpaired) electrons. The number of rotatable bonds is 4.